The van der Waals surface area contributed by atoms with Gasteiger partial charge < -0.3 is 16.2 Å². The molecule has 0 saturated carbocycles. The largest absolute Gasteiger partial charge is 0.508 e. The first-order valence-electron chi connectivity index (χ1n) is 4.88. The highest BCUT2D eigenvalue weighted by atomic mass is 16.3. The Kier molecular flexibility index (Phi) is 4.12. The Hall–Kier alpha value is -1.55. The maximum Gasteiger partial charge on any atom is 0.221 e. The fourth-order valence-corrected chi connectivity index (χ4v) is 1.18. The van der Waals surface area contributed by atoms with Gasteiger partial charge in [-0.3, -0.25) is 4.79 Å². The number of nitrogens with one attached hydrogen (secondary N) is 1. The monoisotopic (exact) mass is 208 g/mol. The molecule has 15 heavy (non-hydrogen) atoms. The van der Waals surface area contributed by atoms with Crippen LogP contribution < -0.4 is 11.1 Å². The van der Waals surface area contributed by atoms with Crippen LogP contribution in [0.4, 0.5) is 0 Å². The van der Waals surface area contributed by atoms with E-state index < -0.39 is 0 Å². The van der Waals surface area contributed by atoms with Crippen LogP contribution in [0, 0.1) is 5.92 Å². The van der Waals surface area contributed by atoms with Gasteiger partial charge in [0, 0.05) is 24.6 Å². The summed E-state index contributed by atoms with van der Waals surface area (Å²) in [6.45, 7) is 2.81. The van der Waals surface area contributed by atoms with Gasteiger partial charge in [-0.25, -0.2) is 0 Å². The molecule has 1 aromatic rings. The highest BCUT2D eigenvalue weighted by Gasteiger charge is 2.07. The summed E-state index contributed by atoms with van der Waals surface area (Å²) in [6, 6.07) is 7.09. The number of phenols is 1. The summed E-state index contributed by atoms with van der Waals surface area (Å²) in [5.74, 6) is -0.257. The SMILES string of the molecule is CC(CNCc1ccccc1O)C(N)=O. The van der Waals surface area contributed by atoms with E-state index in [0.717, 1.165) is 5.56 Å². The number of para-hydroxylation sites is 1. The van der Waals surface area contributed by atoms with Gasteiger partial charge in [0.2, 0.25) is 5.91 Å². The second-order valence-electron chi connectivity index (χ2n) is 3.56. The number of nitrogens with two attached hydrogens (primary N) is 1. The third kappa shape index (κ3) is 3.59. The fourth-order valence-electron chi connectivity index (χ4n) is 1.18. The molecule has 0 saturated heterocycles. The van der Waals surface area contributed by atoms with Crippen LogP contribution in [0.3, 0.4) is 0 Å². The van der Waals surface area contributed by atoms with Crippen LogP contribution in [-0.2, 0) is 11.3 Å². The quantitative estimate of drug-likeness (QED) is 0.663. The first-order valence-corrected chi connectivity index (χ1v) is 4.88. The smallest absolute Gasteiger partial charge is 0.221 e. The predicted octanol–water partition coefficient (Wildman–Crippen LogP) is 0.603. The Morgan fingerprint density at radius 1 is 1.53 bits per heavy atom. The third-order valence-corrected chi connectivity index (χ3v) is 2.24. The first kappa shape index (κ1) is 11.5. The van der Waals surface area contributed by atoms with Gasteiger partial charge in [-0.2, -0.15) is 0 Å². The minimum Gasteiger partial charge on any atom is -0.508 e. The van der Waals surface area contributed by atoms with Gasteiger partial charge in [0.15, 0.2) is 0 Å². The topological polar surface area (TPSA) is 75.3 Å². The van der Waals surface area contributed by atoms with Crippen LogP contribution in [0.5, 0.6) is 5.75 Å². The van der Waals surface area contributed by atoms with Crippen molar-refractivity contribution < 1.29 is 9.90 Å². The number of carbonyl (C=O) groups is 1. The number of benzene rings is 1. The van der Waals surface area contributed by atoms with Crippen molar-refractivity contribution in [3.8, 4) is 5.75 Å². The minimum absolute atomic E-state index is 0.198. The fraction of sp³-hybridized carbons (Fsp3) is 0.364. The summed E-state index contributed by atoms with van der Waals surface area (Å²) in [4.78, 5) is 10.7. The molecular formula is C11H16N2O2. The maximum atomic E-state index is 10.7. The molecule has 4 N–H and O–H groups in total. The molecule has 0 aliphatic heterocycles. The van der Waals surface area contributed by atoms with Crippen LogP contribution in [0.15, 0.2) is 24.3 Å². The normalized spacial score (nSPS) is 12.3. The molecule has 0 aromatic heterocycles. The van der Waals surface area contributed by atoms with Crippen LogP contribution in [0.25, 0.3) is 0 Å². The number of rotatable bonds is 5. The summed E-state index contributed by atoms with van der Waals surface area (Å²) < 4.78 is 0. The van der Waals surface area contributed by atoms with Crippen LogP contribution in [-0.4, -0.2) is 17.6 Å². The summed E-state index contributed by atoms with van der Waals surface area (Å²) in [7, 11) is 0. The Bertz CT molecular complexity index is 339. The number of primary amides is 1. The van der Waals surface area contributed by atoms with Gasteiger partial charge in [-0.1, -0.05) is 25.1 Å². The standard InChI is InChI=1S/C11H16N2O2/c1-8(11(12)15)6-13-7-9-4-2-3-5-10(9)14/h2-5,8,13-14H,6-7H2,1H3,(H2,12,15). The average Bonchev–Trinajstić information content (AvgIpc) is 2.20. The van der Waals surface area contributed by atoms with Crippen LogP contribution >= 0.6 is 0 Å². The van der Waals surface area contributed by atoms with Gasteiger partial charge in [0.1, 0.15) is 5.75 Å². The van der Waals surface area contributed by atoms with Crippen molar-refractivity contribution in [2.24, 2.45) is 11.7 Å². The van der Waals surface area contributed by atoms with E-state index in [-0.39, 0.29) is 17.6 Å². The molecule has 0 spiro atoms. The van der Waals surface area contributed by atoms with E-state index in [9.17, 15) is 9.90 Å². The Labute approximate surface area is 89.1 Å². The molecule has 1 aromatic carbocycles. The van der Waals surface area contributed by atoms with Crippen molar-refractivity contribution in [1.29, 1.82) is 0 Å². The first-order chi connectivity index (χ1) is 7.11. The highest BCUT2D eigenvalue weighted by molar-refractivity contribution is 5.76. The Balaban J connectivity index is 2.38. The molecule has 0 bridgehead atoms. The molecule has 0 fully saturated rings. The third-order valence-electron chi connectivity index (χ3n) is 2.24. The molecule has 4 heteroatoms. The number of amides is 1. The van der Waals surface area contributed by atoms with E-state index in [4.69, 9.17) is 5.73 Å². The number of hydrogen-bond donors (Lipinski definition) is 3. The van der Waals surface area contributed by atoms with Crippen LogP contribution in [0.1, 0.15) is 12.5 Å². The lowest BCUT2D eigenvalue weighted by Crippen LogP contribution is -2.30. The minimum atomic E-state index is -0.320. The summed E-state index contributed by atoms with van der Waals surface area (Å²) >= 11 is 0. The summed E-state index contributed by atoms with van der Waals surface area (Å²) in [5, 5.41) is 12.5. The number of phenolic OH excluding ortho intramolecular Hbond substituents is 1. The van der Waals surface area contributed by atoms with Crippen molar-refractivity contribution in [2.75, 3.05) is 6.54 Å². The highest BCUT2D eigenvalue weighted by Crippen LogP contribution is 2.14. The summed E-state index contributed by atoms with van der Waals surface area (Å²) in [5.41, 5.74) is 5.93. The zero-order valence-corrected chi connectivity index (χ0v) is 8.73. The second-order valence-corrected chi connectivity index (χ2v) is 3.56. The molecule has 0 aliphatic rings. The van der Waals surface area contributed by atoms with Crippen molar-refractivity contribution >= 4 is 5.91 Å². The van der Waals surface area contributed by atoms with E-state index in [1.807, 2.05) is 12.1 Å². The van der Waals surface area contributed by atoms with Gasteiger partial charge >= 0.3 is 0 Å². The Morgan fingerprint density at radius 3 is 2.80 bits per heavy atom. The molecule has 4 nitrogen and oxygen atoms in total. The number of hydrogen-bond acceptors (Lipinski definition) is 3. The summed E-state index contributed by atoms with van der Waals surface area (Å²) in [6.07, 6.45) is 0. The maximum absolute atomic E-state index is 10.7. The molecule has 0 radical (unpaired) electrons. The molecular weight excluding hydrogens is 192 g/mol. The number of carbonyl (C=O) groups excluding carboxylic acids is 1. The lowest BCUT2D eigenvalue weighted by Gasteiger charge is -2.09. The lowest BCUT2D eigenvalue weighted by molar-refractivity contribution is -0.121. The average molecular weight is 208 g/mol. The molecule has 1 atom stereocenters. The van der Waals surface area contributed by atoms with Crippen molar-refractivity contribution in [3.63, 3.8) is 0 Å². The van der Waals surface area contributed by atoms with Crippen molar-refractivity contribution in [3.05, 3.63) is 29.8 Å². The van der Waals surface area contributed by atoms with Crippen molar-refractivity contribution in [1.82, 2.24) is 5.32 Å². The van der Waals surface area contributed by atoms with Gasteiger partial charge in [-0.05, 0) is 6.07 Å². The molecule has 0 heterocycles. The van der Waals surface area contributed by atoms with Gasteiger partial charge in [-0.15, -0.1) is 0 Å². The number of aromatic hydroxyl groups is 1. The zero-order valence-electron chi connectivity index (χ0n) is 8.73. The molecule has 82 valence electrons. The van der Waals surface area contributed by atoms with E-state index in [1.54, 1.807) is 19.1 Å². The van der Waals surface area contributed by atoms with E-state index in [1.165, 1.54) is 0 Å². The van der Waals surface area contributed by atoms with Gasteiger partial charge in [0.25, 0.3) is 0 Å². The van der Waals surface area contributed by atoms with Gasteiger partial charge in [0.05, 0.1) is 0 Å². The molecule has 1 unspecified atom stereocenters. The second kappa shape index (κ2) is 5.36. The van der Waals surface area contributed by atoms with Crippen LogP contribution in [0.2, 0.25) is 0 Å². The van der Waals surface area contributed by atoms with Crippen molar-refractivity contribution in [2.45, 2.75) is 13.5 Å². The molecule has 0 aliphatic carbocycles. The Morgan fingerprint density at radius 2 is 2.20 bits per heavy atom. The van der Waals surface area contributed by atoms with E-state index in [2.05, 4.69) is 5.32 Å². The van der Waals surface area contributed by atoms with E-state index in [0.29, 0.717) is 13.1 Å². The molecule has 1 rings (SSSR count). The van der Waals surface area contributed by atoms with E-state index >= 15 is 0 Å². The zero-order chi connectivity index (χ0) is 11.3. The molecule has 1 amide bonds. The lowest BCUT2D eigenvalue weighted by atomic mass is 10.1. The predicted molar refractivity (Wildman–Crippen MR) is 58.2 cm³/mol.